The Labute approximate surface area is 129 Å². The second kappa shape index (κ2) is 6.10. The van der Waals surface area contributed by atoms with Gasteiger partial charge in [0.1, 0.15) is 18.0 Å². The molecule has 4 rings (SSSR count). The molecule has 0 bridgehead atoms. The molecule has 0 aliphatic carbocycles. The van der Waals surface area contributed by atoms with Gasteiger partial charge in [0.2, 0.25) is 0 Å². The van der Waals surface area contributed by atoms with Crippen LogP contribution in [-0.2, 0) is 11.3 Å². The number of hydrogen-bond donors (Lipinski definition) is 0. The average Bonchev–Trinajstić information content (AvgIpc) is 3.18. The number of ether oxygens (including phenoxy) is 2. The van der Waals surface area contributed by atoms with Gasteiger partial charge in [-0.15, -0.1) is 0 Å². The second-order valence-electron chi connectivity index (χ2n) is 5.95. The molecule has 0 amide bonds. The molecule has 4 heterocycles. The van der Waals surface area contributed by atoms with Crippen molar-refractivity contribution >= 4 is 0 Å². The molecular formula is C17H20N2O3. The van der Waals surface area contributed by atoms with Gasteiger partial charge < -0.3 is 13.9 Å². The Bertz CT molecular complexity index is 587. The highest BCUT2D eigenvalue weighted by Gasteiger charge is 2.45. The zero-order valence-electron chi connectivity index (χ0n) is 12.4. The van der Waals surface area contributed by atoms with Crippen LogP contribution in [0.2, 0.25) is 0 Å². The Morgan fingerprint density at radius 3 is 3.18 bits per heavy atom. The van der Waals surface area contributed by atoms with E-state index in [1.807, 2.05) is 24.5 Å². The topological polar surface area (TPSA) is 47.7 Å². The number of rotatable bonds is 4. The quantitative estimate of drug-likeness (QED) is 0.868. The number of furan rings is 1. The van der Waals surface area contributed by atoms with Crippen molar-refractivity contribution in [2.75, 3.05) is 13.2 Å². The monoisotopic (exact) mass is 300 g/mol. The molecule has 0 N–H and O–H groups in total. The summed E-state index contributed by atoms with van der Waals surface area (Å²) in [7, 11) is 0. The van der Waals surface area contributed by atoms with Crippen molar-refractivity contribution in [3.63, 3.8) is 0 Å². The van der Waals surface area contributed by atoms with Crippen LogP contribution in [-0.4, -0.2) is 41.3 Å². The largest absolute Gasteiger partial charge is 0.485 e. The molecule has 5 heteroatoms. The molecule has 2 saturated heterocycles. The summed E-state index contributed by atoms with van der Waals surface area (Å²) in [5, 5.41) is 0. The summed E-state index contributed by atoms with van der Waals surface area (Å²) in [4.78, 5) is 6.57. The zero-order valence-corrected chi connectivity index (χ0v) is 12.4. The minimum Gasteiger partial charge on any atom is -0.485 e. The van der Waals surface area contributed by atoms with Crippen molar-refractivity contribution in [1.82, 2.24) is 9.88 Å². The fraction of sp³-hybridized carbons (Fsp3) is 0.471. The Balaban J connectivity index is 1.50. The van der Waals surface area contributed by atoms with Gasteiger partial charge in [-0.25, -0.2) is 0 Å². The van der Waals surface area contributed by atoms with E-state index in [0.29, 0.717) is 6.04 Å². The first-order chi connectivity index (χ1) is 10.9. The van der Waals surface area contributed by atoms with Gasteiger partial charge in [0.25, 0.3) is 0 Å². The molecule has 0 unspecified atom stereocenters. The van der Waals surface area contributed by atoms with Crippen LogP contribution in [0.1, 0.15) is 18.4 Å². The second-order valence-corrected chi connectivity index (χ2v) is 5.95. The molecule has 2 fully saturated rings. The van der Waals surface area contributed by atoms with Crippen molar-refractivity contribution in [3.8, 4) is 5.75 Å². The Kier molecular flexibility index (Phi) is 3.83. The van der Waals surface area contributed by atoms with E-state index in [1.165, 1.54) is 5.56 Å². The van der Waals surface area contributed by atoms with E-state index in [2.05, 4.69) is 9.88 Å². The summed E-state index contributed by atoms with van der Waals surface area (Å²) in [6.45, 7) is 2.58. The summed E-state index contributed by atoms with van der Waals surface area (Å²) in [5.74, 6) is 0.811. The van der Waals surface area contributed by atoms with Crippen LogP contribution in [0.5, 0.6) is 5.75 Å². The highest BCUT2D eigenvalue weighted by Crippen LogP contribution is 2.32. The van der Waals surface area contributed by atoms with Crippen LogP contribution in [0.4, 0.5) is 0 Å². The van der Waals surface area contributed by atoms with Gasteiger partial charge >= 0.3 is 0 Å². The maximum Gasteiger partial charge on any atom is 0.139 e. The van der Waals surface area contributed by atoms with E-state index in [0.717, 1.165) is 38.3 Å². The lowest BCUT2D eigenvalue weighted by atomic mass is 10.0. The lowest BCUT2D eigenvalue weighted by molar-refractivity contribution is -0.0472. The van der Waals surface area contributed by atoms with Crippen LogP contribution >= 0.6 is 0 Å². The predicted molar refractivity (Wildman–Crippen MR) is 80.5 cm³/mol. The third kappa shape index (κ3) is 2.74. The number of aromatic nitrogens is 1. The van der Waals surface area contributed by atoms with E-state index >= 15 is 0 Å². The van der Waals surface area contributed by atoms with Crippen LogP contribution in [0, 0.1) is 0 Å². The van der Waals surface area contributed by atoms with Crippen molar-refractivity contribution in [1.29, 1.82) is 0 Å². The molecule has 0 radical (unpaired) electrons. The molecule has 0 saturated carbocycles. The molecule has 2 aromatic heterocycles. The van der Waals surface area contributed by atoms with Gasteiger partial charge in [-0.3, -0.25) is 9.88 Å². The number of fused-ring (bicyclic) bond motifs is 1. The SMILES string of the molecule is c1cncc(O[C@H]2CN(Cc3ccoc3)[C@@H]3CCCO[C@H]23)c1. The third-order valence-corrected chi connectivity index (χ3v) is 4.47. The molecule has 0 aromatic carbocycles. The van der Waals surface area contributed by atoms with Gasteiger partial charge in [-0.2, -0.15) is 0 Å². The Morgan fingerprint density at radius 1 is 1.36 bits per heavy atom. The molecule has 0 spiro atoms. The maximum absolute atomic E-state index is 6.14. The predicted octanol–water partition coefficient (Wildman–Crippen LogP) is 2.49. The number of likely N-dealkylation sites (tertiary alicyclic amines) is 1. The van der Waals surface area contributed by atoms with Gasteiger partial charge in [0, 0.05) is 37.5 Å². The minimum absolute atomic E-state index is 0.0569. The lowest BCUT2D eigenvalue weighted by Crippen LogP contribution is -2.42. The summed E-state index contributed by atoms with van der Waals surface area (Å²) < 4.78 is 17.4. The molecule has 5 nitrogen and oxygen atoms in total. The summed E-state index contributed by atoms with van der Waals surface area (Å²) in [5.41, 5.74) is 1.20. The average molecular weight is 300 g/mol. The highest BCUT2D eigenvalue weighted by atomic mass is 16.5. The van der Waals surface area contributed by atoms with Crippen molar-refractivity contribution in [2.24, 2.45) is 0 Å². The molecule has 22 heavy (non-hydrogen) atoms. The highest BCUT2D eigenvalue weighted by molar-refractivity contribution is 5.17. The zero-order chi connectivity index (χ0) is 14.8. The standard InChI is InChI=1S/C17H20N2O3/c1-3-14(9-18-6-1)22-16-11-19(10-13-5-8-20-12-13)15-4-2-7-21-17(15)16/h1,3,5-6,8-9,12,15-17H,2,4,7,10-11H2/t15-,16+,17+/m1/s1. The lowest BCUT2D eigenvalue weighted by Gasteiger charge is -2.32. The van der Waals surface area contributed by atoms with Crippen molar-refractivity contribution in [2.45, 2.75) is 37.6 Å². The summed E-state index contributed by atoms with van der Waals surface area (Å²) >= 11 is 0. The number of hydrogen-bond acceptors (Lipinski definition) is 5. The van der Waals surface area contributed by atoms with Crippen LogP contribution in [0.3, 0.4) is 0 Å². The molecule has 116 valence electrons. The normalized spacial score (nSPS) is 28.5. The first-order valence-electron chi connectivity index (χ1n) is 7.83. The van der Waals surface area contributed by atoms with Gasteiger partial charge in [-0.1, -0.05) is 0 Å². The third-order valence-electron chi connectivity index (χ3n) is 4.47. The first-order valence-corrected chi connectivity index (χ1v) is 7.83. The van der Waals surface area contributed by atoms with Crippen molar-refractivity contribution < 1.29 is 13.9 Å². The molecule has 3 atom stereocenters. The summed E-state index contributed by atoms with van der Waals surface area (Å²) in [6, 6.07) is 6.29. The molecule has 2 aliphatic rings. The minimum atomic E-state index is 0.0569. The Hall–Kier alpha value is -1.85. The van der Waals surface area contributed by atoms with Gasteiger partial charge in [0.05, 0.1) is 18.7 Å². The Morgan fingerprint density at radius 2 is 2.36 bits per heavy atom. The molecule has 2 aliphatic heterocycles. The number of pyridine rings is 1. The molecule has 2 aromatic rings. The smallest absolute Gasteiger partial charge is 0.139 e. The fourth-order valence-corrected chi connectivity index (χ4v) is 3.50. The van der Waals surface area contributed by atoms with Crippen LogP contribution < -0.4 is 4.74 Å². The number of nitrogens with zero attached hydrogens (tertiary/aromatic N) is 2. The van der Waals surface area contributed by atoms with Gasteiger partial charge in [-0.05, 0) is 31.0 Å². The maximum atomic E-state index is 6.14. The molecular weight excluding hydrogens is 280 g/mol. The van der Waals surface area contributed by atoms with E-state index < -0.39 is 0 Å². The first kappa shape index (κ1) is 13.8. The van der Waals surface area contributed by atoms with E-state index in [-0.39, 0.29) is 12.2 Å². The van der Waals surface area contributed by atoms with E-state index in [4.69, 9.17) is 13.9 Å². The fourth-order valence-electron chi connectivity index (χ4n) is 3.50. The van der Waals surface area contributed by atoms with E-state index in [1.54, 1.807) is 18.7 Å². The summed E-state index contributed by atoms with van der Waals surface area (Å²) in [6.07, 6.45) is 9.53. The van der Waals surface area contributed by atoms with E-state index in [9.17, 15) is 0 Å². The van der Waals surface area contributed by atoms with Gasteiger partial charge in [0.15, 0.2) is 0 Å². The van der Waals surface area contributed by atoms with Crippen LogP contribution in [0.15, 0.2) is 47.5 Å². The van der Waals surface area contributed by atoms with Crippen molar-refractivity contribution in [3.05, 3.63) is 48.7 Å². The van der Waals surface area contributed by atoms with Crippen LogP contribution in [0.25, 0.3) is 0 Å².